The summed E-state index contributed by atoms with van der Waals surface area (Å²) in [6.45, 7) is 1.68. The van der Waals surface area contributed by atoms with Crippen molar-refractivity contribution in [3.63, 3.8) is 0 Å². The number of carboxylic acids is 1. The highest BCUT2D eigenvalue weighted by Gasteiger charge is 2.30. The Labute approximate surface area is 296 Å². The van der Waals surface area contributed by atoms with E-state index in [1.807, 2.05) is 6.92 Å². The fourth-order valence-corrected chi connectivity index (χ4v) is 8.31. The van der Waals surface area contributed by atoms with Gasteiger partial charge < -0.3 is 36.0 Å². The lowest BCUT2D eigenvalue weighted by Crippen LogP contribution is -2.40. The van der Waals surface area contributed by atoms with Crippen molar-refractivity contribution in [2.24, 2.45) is 20.5 Å². The number of anilines is 1. The van der Waals surface area contributed by atoms with E-state index in [1.165, 1.54) is 19.1 Å². The Hall–Kier alpha value is -3.13. The highest BCUT2D eigenvalue weighted by Crippen LogP contribution is 2.50. The summed E-state index contributed by atoms with van der Waals surface area (Å²) in [6.07, 6.45) is 2.19. The van der Waals surface area contributed by atoms with Crippen LogP contribution < -0.4 is 20.9 Å². The molecule has 1 aromatic heterocycles. The number of nitrogens with zero attached hydrogens (tertiary/aromatic N) is 3. The number of carbonyl (C=O) groups excluding carboxylic acids is 2. The van der Waals surface area contributed by atoms with Crippen LogP contribution >= 0.6 is 15.5 Å². The van der Waals surface area contributed by atoms with Gasteiger partial charge in [-0.05, 0) is 56.6 Å². The summed E-state index contributed by atoms with van der Waals surface area (Å²) in [5, 5.41) is 23.4. The Morgan fingerprint density at radius 2 is 1.65 bits per heavy atom. The largest absolute Gasteiger partial charge is 0.481 e. The van der Waals surface area contributed by atoms with Crippen LogP contribution in [0.3, 0.4) is 0 Å². The minimum atomic E-state index is -4.77. The van der Waals surface area contributed by atoms with Gasteiger partial charge in [0.15, 0.2) is 0 Å². The zero-order chi connectivity index (χ0) is 38.1. The molecule has 2 rings (SSSR count). The molecule has 0 aliphatic rings. The number of carbonyl (C=O) groups is 3. The number of hydrogen-bond acceptors (Lipinski definition) is 11. The average molecular weight is 782 g/mol. The van der Waals surface area contributed by atoms with Crippen molar-refractivity contribution in [3.05, 3.63) is 48.7 Å². The number of amides is 2. The van der Waals surface area contributed by atoms with Gasteiger partial charge in [0.1, 0.15) is 0 Å². The molecule has 0 bridgehead atoms. The van der Waals surface area contributed by atoms with E-state index in [9.17, 15) is 42.6 Å². The second kappa shape index (κ2) is 21.4. The lowest BCUT2D eigenvalue weighted by Gasteiger charge is -2.24. The quantitative estimate of drug-likeness (QED) is 0.0455. The number of rotatable bonds is 23. The number of nitrogens with one attached hydrogen (secondary N) is 2. The van der Waals surface area contributed by atoms with Crippen LogP contribution in [0.5, 0.6) is 0 Å². The van der Waals surface area contributed by atoms with Gasteiger partial charge in [0.2, 0.25) is 11.8 Å². The number of aliphatic hydroxyl groups excluding tert-OH is 1. The molecule has 0 saturated heterocycles. The molecule has 0 radical (unpaired) electrons. The number of nitrogens with two attached hydrogens (primary N) is 1. The Bertz CT molecular complexity index is 1670. The number of unbranched alkanes of at least 4 members (excludes halogenated alkanes) is 1. The standard InChI is InChI=1S/C29H46N6O13P2S/c1-3-35-17-7-5-9-27(35)33-49(41,42)46-19-23(8-4-6-16-30)20-47-50(43,48-21-25(18-36)32-28(38)14-15-29(39)40)34-51(44,45)26-12-10-24(11-13-26)31-22(2)37/h5,7,9-13,17,23,25,36H,3-4,6,8,14-16,18-21,30H2,1-2H3,(H5-,31,32,37,38,39,40,41,42,43)/p+1. The summed E-state index contributed by atoms with van der Waals surface area (Å²) in [4.78, 5) is 66.6. The predicted octanol–water partition coefficient (Wildman–Crippen LogP) is 1.98. The Balaban J connectivity index is 2.39. The van der Waals surface area contributed by atoms with Gasteiger partial charge in [-0.25, -0.2) is 4.57 Å². The number of aromatic nitrogens is 1. The highest BCUT2D eigenvalue weighted by molar-refractivity contribution is 7.93. The number of aliphatic hydroxyl groups is 1. The summed E-state index contributed by atoms with van der Waals surface area (Å²) >= 11 is 0. The van der Waals surface area contributed by atoms with Gasteiger partial charge in [-0.3, -0.25) is 33.2 Å². The number of pyridine rings is 1. The highest BCUT2D eigenvalue weighted by atomic mass is 32.2. The minimum Gasteiger partial charge on any atom is -0.481 e. The molecule has 0 spiro atoms. The van der Waals surface area contributed by atoms with Gasteiger partial charge in [-0.15, -0.1) is 0 Å². The number of carboxylic acid groups (broad SMARTS) is 1. The third-order valence-electron chi connectivity index (χ3n) is 6.80. The van der Waals surface area contributed by atoms with Gasteiger partial charge in [-0.2, -0.15) is 8.42 Å². The zero-order valence-electron chi connectivity index (χ0n) is 28.3. The number of aliphatic carboxylic acids is 1. The number of hydrogen-bond donors (Lipinski definition) is 8. The first-order valence-electron chi connectivity index (χ1n) is 15.8. The molecule has 2 aromatic rings. The maximum absolute atomic E-state index is 13.3. The SMILES string of the molecule is CC[n+]1ccccc1N=P(O)(O)OCC(CCCCN)COP(O)(=NS(=O)(=O)c1ccc(NC(C)=O)cc1)OCC(CO)NC(=O)CCC(=O)O. The van der Waals surface area contributed by atoms with Crippen LogP contribution in [-0.2, 0) is 44.5 Å². The molecular formula is C29H47N6O13P2S+. The maximum Gasteiger partial charge on any atom is 0.468 e. The fourth-order valence-electron chi connectivity index (χ4n) is 4.22. The van der Waals surface area contributed by atoms with Gasteiger partial charge in [0.05, 0.1) is 56.5 Å². The van der Waals surface area contributed by atoms with Crippen molar-refractivity contribution < 1.29 is 65.8 Å². The summed E-state index contributed by atoms with van der Waals surface area (Å²) in [5.41, 5.74) is 5.92. The van der Waals surface area contributed by atoms with Crippen LogP contribution in [0.25, 0.3) is 0 Å². The smallest absolute Gasteiger partial charge is 0.468 e. The van der Waals surface area contributed by atoms with Crippen molar-refractivity contribution in [3.8, 4) is 0 Å². The molecule has 0 saturated carbocycles. The third-order valence-corrected chi connectivity index (χ3v) is 11.3. The Morgan fingerprint density at radius 1 is 0.980 bits per heavy atom. The van der Waals surface area contributed by atoms with Crippen LogP contribution in [0, 0.1) is 5.92 Å². The second-order valence-electron chi connectivity index (χ2n) is 11.1. The molecule has 0 fully saturated rings. The maximum atomic E-state index is 13.3. The molecule has 2 amide bonds. The van der Waals surface area contributed by atoms with Crippen LogP contribution in [0.4, 0.5) is 11.5 Å². The van der Waals surface area contributed by atoms with Crippen molar-refractivity contribution in [1.29, 1.82) is 0 Å². The van der Waals surface area contributed by atoms with E-state index in [0.29, 0.717) is 38.0 Å². The second-order valence-corrected chi connectivity index (χ2v) is 16.1. The van der Waals surface area contributed by atoms with E-state index in [2.05, 4.69) is 19.5 Å². The minimum absolute atomic E-state index is 0.255. The van der Waals surface area contributed by atoms with Crippen LogP contribution in [-0.4, -0.2) is 90.1 Å². The first-order chi connectivity index (χ1) is 24.0. The number of sulfonamides is 1. The molecule has 1 aromatic carbocycles. The van der Waals surface area contributed by atoms with E-state index in [-0.39, 0.29) is 12.4 Å². The molecule has 19 nitrogen and oxygen atoms in total. The lowest BCUT2D eigenvalue weighted by atomic mass is 10.0. The molecule has 51 heavy (non-hydrogen) atoms. The van der Waals surface area contributed by atoms with Crippen molar-refractivity contribution >= 4 is 54.8 Å². The summed E-state index contributed by atoms with van der Waals surface area (Å²) in [6, 6.07) is 8.60. The van der Waals surface area contributed by atoms with Gasteiger partial charge in [0, 0.05) is 35.8 Å². The van der Waals surface area contributed by atoms with Crippen molar-refractivity contribution in [1.82, 2.24) is 5.32 Å². The molecule has 0 aliphatic carbocycles. The molecule has 9 N–H and O–H groups in total. The van der Waals surface area contributed by atoms with Gasteiger partial charge >= 0.3 is 27.3 Å². The molecule has 3 unspecified atom stereocenters. The number of benzene rings is 1. The zero-order valence-corrected chi connectivity index (χ0v) is 30.9. The lowest BCUT2D eigenvalue weighted by molar-refractivity contribution is -0.680. The van der Waals surface area contributed by atoms with E-state index >= 15 is 0 Å². The summed E-state index contributed by atoms with van der Waals surface area (Å²) < 4.78 is 52.3. The molecule has 0 aliphatic heterocycles. The van der Waals surface area contributed by atoms with Crippen LogP contribution in [0.2, 0.25) is 0 Å². The summed E-state index contributed by atoms with van der Waals surface area (Å²) in [7, 11) is -13.8. The van der Waals surface area contributed by atoms with Crippen molar-refractivity contribution in [2.75, 3.05) is 38.3 Å². The first kappa shape index (κ1) is 44.0. The molecule has 286 valence electrons. The predicted molar refractivity (Wildman–Crippen MR) is 185 cm³/mol. The monoisotopic (exact) mass is 781 g/mol. The molecule has 1 heterocycles. The van der Waals surface area contributed by atoms with E-state index in [0.717, 1.165) is 12.1 Å². The van der Waals surface area contributed by atoms with Gasteiger partial charge in [-0.1, -0.05) is 16.6 Å². The van der Waals surface area contributed by atoms with E-state index in [1.54, 1.807) is 29.0 Å². The molecular weight excluding hydrogens is 734 g/mol. The topological polar surface area (TPSA) is 293 Å². The molecule has 3 atom stereocenters. The normalized spacial score (nSPS) is 14.2. The van der Waals surface area contributed by atoms with Crippen LogP contribution in [0.1, 0.15) is 46.0 Å². The first-order valence-corrected chi connectivity index (χ1v) is 20.4. The third kappa shape index (κ3) is 16.8. The molecule has 22 heteroatoms. The average Bonchev–Trinajstić information content (AvgIpc) is 3.06. The van der Waals surface area contributed by atoms with E-state index < -0.39 is 92.8 Å². The van der Waals surface area contributed by atoms with E-state index in [4.69, 9.17) is 24.4 Å². The number of aryl methyl sites for hydroxylation is 1. The Morgan fingerprint density at radius 3 is 2.25 bits per heavy atom. The van der Waals surface area contributed by atoms with Crippen LogP contribution in [0.15, 0.2) is 62.5 Å². The van der Waals surface area contributed by atoms with Gasteiger partial charge in [0.25, 0.3) is 10.0 Å². The fraction of sp³-hybridized carbons (Fsp3) is 0.517. The van der Waals surface area contributed by atoms with Crippen molar-refractivity contribution in [2.45, 2.75) is 63.4 Å². The Kier molecular flexibility index (Phi) is 18.5. The summed E-state index contributed by atoms with van der Waals surface area (Å²) in [5.74, 6) is -2.82.